The Kier molecular flexibility index (Phi) is 5.64. The highest BCUT2D eigenvalue weighted by Gasteiger charge is 2.31. The Balaban J connectivity index is 2.51. The third-order valence-electron chi connectivity index (χ3n) is 3.53. The van der Waals surface area contributed by atoms with Gasteiger partial charge in [0.05, 0.1) is 33.9 Å². The summed E-state index contributed by atoms with van der Waals surface area (Å²) in [6.45, 7) is 1.94. The molecule has 0 aromatic heterocycles. The molecule has 1 aromatic rings. The minimum absolute atomic E-state index is 0.107. The molecule has 0 fully saturated rings. The number of rotatable bonds is 6. The van der Waals surface area contributed by atoms with Crippen LogP contribution in [0.5, 0.6) is 17.2 Å². The fourth-order valence-electron chi connectivity index (χ4n) is 2.49. The van der Waals surface area contributed by atoms with Gasteiger partial charge in [-0.3, -0.25) is 10.7 Å². The zero-order valence-corrected chi connectivity index (χ0v) is 14.0. The predicted octanol–water partition coefficient (Wildman–Crippen LogP) is 1.63. The summed E-state index contributed by atoms with van der Waals surface area (Å²) in [6, 6.07) is 3.46. The zero-order valence-electron chi connectivity index (χ0n) is 14.0. The highest BCUT2D eigenvalue weighted by atomic mass is 16.5. The van der Waals surface area contributed by atoms with Crippen molar-refractivity contribution in [2.45, 2.75) is 12.8 Å². The fraction of sp³-hybridized carbons (Fsp3) is 0.375. The standard InChI is InChI=1S/C16H20N2O6/c1-5-24-16(19)11-8-10(15(17-11)18-20)9-6-7-12(21-2)14(23-4)13(9)22-3/h6-8,10,20H,5H2,1-4H3,(H,17,18). The van der Waals surface area contributed by atoms with E-state index in [4.69, 9.17) is 18.9 Å². The van der Waals surface area contributed by atoms with E-state index in [0.717, 1.165) is 0 Å². The lowest BCUT2D eigenvalue weighted by atomic mass is 9.96. The van der Waals surface area contributed by atoms with Gasteiger partial charge in [-0.15, -0.1) is 0 Å². The molecule has 1 heterocycles. The molecule has 0 amide bonds. The molecule has 0 aliphatic carbocycles. The van der Waals surface area contributed by atoms with Crippen molar-refractivity contribution in [3.63, 3.8) is 0 Å². The third kappa shape index (κ3) is 3.13. The van der Waals surface area contributed by atoms with E-state index in [-0.39, 0.29) is 18.1 Å². The molecule has 0 radical (unpaired) electrons. The molecule has 1 aliphatic rings. The van der Waals surface area contributed by atoms with E-state index in [1.54, 1.807) is 25.1 Å². The highest BCUT2D eigenvalue weighted by molar-refractivity contribution is 6.01. The van der Waals surface area contributed by atoms with Crippen molar-refractivity contribution in [1.29, 1.82) is 0 Å². The number of carbonyl (C=O) groups is 1. The van der Waals surface area contributed by atoms with Gasteiger partial charge in [0.1, 0.15) is 11.5 Å². The van der Waals surface area contributed by atoms with Gasteiger partial charge in [-0.25, -0.2) is 9.79 Å². The SMILES string of the molecule is CCOC(=O)C1=CC(c2ccc(OC)c(OC)c2OC)C(NO)=N1. The second-order valence-electron chi connectivity index (χ2n) is 4.78. The van der Waals surface area contributed by atoms with Crippen LogP contribution in [0.25, 0.3) is 0 Å². The molecule has 2 rings (SSSR count). The largest absolute Gasteiger partial charge is 0.493 e. The van der Waals surface area contributed by atoms with Crippen LogP contribution in [0.4, 0.5) is 0 Å². The van der Waals surface area contributed by atoms with Crippen molar-refractivity contribution >= 4 is 11.8 Å². The van der Waals surface area contributed by atoms with Crippen LogP contribution >= 0.6 is 0 Å². The monoisotopic (exact) mass is 336 g/mol. The first-order valence-electron chi connectivity index (χ1n) is 7.27. The van der Waals surface area contributed by atoms with Gasteiger partial charge < -0.3 is 18.9 Å². The van der Waals surface area contributed by atoms with Crippen LogP contribution < -0.4 is 19.7 Å². The summed E-state index contributed by atoms with van der Waals surface area (Å²) in [5.41, 5.74) is 2.77. The molecule has 2 N–H and O–H groups in total. The Bertz CT molecular complexity index is 683. The number of aliphatic imine (C=N–C) groups is 1. The lowest BCUT2D eigenvalue weighted by molar-refractivity contribution is -0.138. The number of hydroxylamine groups is 1. The van der Waals surface area contributed by atoms with Gasteiger partial charge in [0, 0.05) is 5.56 Å². The van der Waals surface area contributed by atoms with Crippen molar-refractivity contribution in [1.82, 2.24) is 5.48 Å². The number of methoxy groups -OCH3 is 3. The van der Waals surface area contributed by atoms with Gasteiger partial charge >= 0.3 is 5.97 Å². The first-order chi connectivity index (χ1) is 11.6. The van der Waals surface area contributed by atoms with Crippen molar-refractivity contribution in [3.8, 4) is 17.2 Å². The number of esters is 1. The zero-order chi connectivity index (χ0) is 17.7. The minimum atomic E-state index is -0.563. The van der Waals surface area contributed by atoms with Crippen LogP contribution in [-0.4, -0.2) is 44.9 Å². The normalized spacial score (nSPS) is 16.1. The van der Waals surface area contributed by atoms with Crippen molar-refractivity contribution < 1.29 is 28.9 Å². The summed E-state index contributed by atoms with van der Waals surface area (Å²) >= 11 is 0. The summed E-state index contributed by atoms with van der Waals surface area (Å²) in [4.78, 5) is 15.9. The van der Waals surface area contributed by atoms with Crippen molar-refractivity contribution in [2.24, 2.45) is 4.99 Å². The lowest BCUT2D eigenvalue weighted by Gasteiger charge is -2.19. The smallest absolute Gasteiger partial charge is 0.356 e. The molecule has 0 spiro atoms. The van der Waals surface area contributed by atoms with Crippen LogP contribution in [-0.2, 0) is 9.53 Å². The lowest BCUT2D eigenvalue weighted by Crippen LogP contribution is -2.24. The topological polar surface area (TPSA) is 98.6 Å². The van der Waals surface area contributed by atoms with Gasteiger partial charge in [-0.2, -0.15) is 0 Å². The molecule has 1 atom stereocenters. The number of hydrogen-bond donors (Lipinski definition) is 2. The molecule has 1 aromatic carbocycles. The van der Waals surface area contributed by atoms with E-state index < -0.39 is 11.9 Å². The number of hydrogen-bond acceptors (Lipinski definition) is 8. The van der Waals surface area contributed by atoms with Crippen LogP contribution in [0.3, 0.4) is 0 Å². The number of amidine groups is 1. The summed E-state index contributed by atoms with van der Waals surface area (Å²) in [6.07, 6.45) is 1.58. The van der Waals surface area contributed by atoms with Gasteiger partial charge in [0.15, 0.2) is 11.5 Å². The molecule has 1 unspecified atom stereocenters. The molecule has 8 nitrogen and oxygen atoms in total. The van der Waals surface area contributed by atoms with Crippen LogP contribution in [0.15, 0.2) is 28.9 Å². The maximum Gasteiger partial charge on any atom is 0.356 e. The van der Waals surface area contributed by atoms with Crippen molar-refractivity contribution in [2.75, 3.05) is 27.9 Å². The quantitative estimate of drug-likeness (QED) is 0.602. The second-order valence-corrected chi connectivity index (χ2v) is 4.78. The molecule has 24 heavy (non-hydrogen) atoms. The minimum Gasteiger partial charge on any atom is -0.493 e. The van der Waals surface area contributed by atoms with Gasteiger partial charge in [0.2, 0.25) is 5.75 Å². The molecular formula is C16H20N2O6. The maximum atomic E-state index is 11.9. The number of ether oxygens (including phenoxy) is 4. The molecule has 0 saturated heterocycles. The maximum absolute atomic E-state index is 11.9. The van der Waals surface area contributed by atoms with Crippen LogP contribution in [0.1, 0.15) is 18.4 Å². The Hall–Kier alpha value is -2.74. The highest BCUT2D eigenvalue weighted by Crippen LogP contribution is 2.44. The fourth-order valence-corrected chi connectivity index (χ4v) is 2.49. The van der Waals surface area contributed by atoms with Crippen LogP contribution in [0.2, 0.25) is 0 Å². The van der Waals surface area contributed by atoms with E-state index in [0.29, 0.717) is 22.8 Å². The van der Waals surface area contributed by atoms with E-state index >= 15 is 0 Å². The molecule has 0 saturated carbocycles. The average Bonchev–Trinajstić information content (AvgIpc) is 3.04. The summed E-state index contributed by atoms with van der Waals surface area (Å²) in [7, 11) is 4.51. The Morgan fingerprint density at radius 1 is 1.21 bits per heavy atom. The van der Waals surface area contributed by atoms with Gasteiger partial charge in [0.25, 0.3) is 0 Å². The molecule has 130 valence electrons. The molecule has 8 heteroatoms. The van der Waals surface area contributed by atoms with Crippen molar-refractivity contribution in [3.05, 3.63) is 29.5 Å². The van der Waals surface area contributed by atoms with Crippen LogP contribution in [0, 0.1) is 0 Å². The summed E-state index contributed by atoms with van der Waals surface area (Å²) in [5, 5.41) is 9.36. The predicted molar refractivity (Wildman–Crippen MR) is 85.9 cm³/mol. The number of carbonyl (C=O) groups excluding carboxylic acids is 1. The van der Waals surface area contributed by atoms with E-state index in [2.05, 4.69) is 4.99 Å². The first kappa shape index (κ1) is 17.6. The summed E-state index contributed by atoms with van der Waals surface area (Å²) < 4.78 is 21.0. The number of benzene rings is 1. The average molecular weight is 336 g/mol. The Labute approximate surface area is 139 Å². The third-order valence-corrected chi connectivity index (χ3v) is 3.53. The van der Waals surface area contributed by atoms with Gasteiger partial charge in [-0.05, 0) is 19.1 Å². The van der Waals surface area contributed by atoms with E-state index in [9.17, 15) is 10.0 Å². The molecular weight excluding hydrogens is 316 g/mol. The van der Waals surface area contributed by atoms with Gasteiger partial charge in [-0.1, -0.05) is 6.07 Å². The number of nitrogens with one attached hydrogen (secondary N) is 1. The first-order valence-corrected chi connectivity index (χ1v) is 7.27. The molecule has 1 aliphatic heterocycles. The number of nitrogens with zero attached hydrogens (tertiary/aromatic N) is 1. The molecule has 0 bridgehead atoms. The van der Waals surface area contributed by atoms with E-state index in [1.807, 2.05) is 5.48 Å². The van der Waals surface area contributed by atoms with E-state index in [1.165, 1.54) is 21.3 Å². The Morgan fingerprint density at radius 2 is 1.92 bits per heavy atom. The second kappa shape index (κ2) is 7.69. The summed E-state index contributed by atoms with van der Waals surface area (Å²) in [5.74, 6) is 0.431. The Morgan fingerprint density at radius 3 is 2.46 bits per heavy atom.